The van der Waals surface area contributed by atoms with E-state index in [2.05, 4.69) is 15.6 Å². The maximum atomic E-state index is 12.7. The second-order valence-electron chi connectivity index (χ2n) is 6.84. The van der Waals surface area contributed by atoms with E-state index >= 15 is 0 Å². The van der Waals surface area contributed by atoms with Crippen LogP contribution >= 0.6 is 24.0 Å². The van der Waals surface area contributed by atoms with Crippen LogP contribution in [0.5, 0.6) is 0 Å². The van der Waals surface area contributed by atoms with Crippen LogP contribution in [0.1, 0.15) is 24.2 Å². The second kappa shape index (κ2) is 9.73. The Morgan fingerprint density at radius 3 is 2.47 bits per heavy atom. The Bertz CT molecular complexity index is 1000. The number of piperidine rings is 1. The van der Waals surface area contributed by atoms with E-state index in [4.69, 9.17) is 4.42 Å². The quantitative estimate of drug-likeness (QED) is 0.341. The second-order valence-corrected chi connectivity index (χ2v) is 8.77. The molecule has 1 aliphatic rings. The van der Waals surface area contributed by atoms with E-state index in [1.165, 1.54) is 0 Å². The van der Waals surface area contributed by atoms with Crippen LogP contribution in [0, 0.1) is 6.92 Å². The predicted octanol–water partition coefficient (Wildman–Crippen LogP) is 3.34. The molecule has 1 aliphatic heterocycles. The number of alkyl halides is 3. The van der Waals surface area contributed by atoms with Crippen molar-refractivity contribution in [3.8, 4) is 0 Å². The predicted molar refractivity (Wildman–Crippen MR) is 119 cm³/mol. The number of nitrogens with one attached hydrogen (secondary N) is 2. The van der Waals surface area contributed by atoms with Gasteiger partial charge in [0, 0.05) is 37.1 Å². The average Bonchev–Trinajstić information content (AvgIpc) is 3.00. The summed E-state index contributed by atoms with van der Waals surface area (Å²) in [5.41, 5.74) is -3.45. The Labute approximate surface area is 190 Å². The standard InChI is InChI=1S/C18H23F3N4O3S.HI/c1-12-14-5-3-4-6-15(14)28-16(12)11-23-17(22-2)24-13-7-9-25(10-8-13)29(26,27)18(19,20)21;/h3-6,13H,7-11H2,1-2H3,(H2,22,23,24);1H. The maximum Gasteiger partial charge on any atom is 0.511 e. The number of para-hydroxylation sites is 1. The average molecular weight is 560 g/mol. The lowest BCUT2D eigenvalue weighted by Crippen LogP contribution is -2.51. The number of sulfonamides is 1. The maximum absolute atomic E-state index is 12.7. The number of aryl methyl sites for hydroxylation is 1. The van der Waals surface area contributed by atoms with Crippen LogP contribution in [0.4, 0.5) is 13.2 Å². The lowest BCUT2D eigenvalue weighted by molar-refractivity contribution is -0.0494. The molecule has 0 saturated carbocycles. The number of hydrogen-bond acceptors (Lipinski definition) is 4. The van der Waals surface area contributed by atoms with Gasteiger partial charge < -0.3 is 15.1 Å². The number of guanidine groups is 1. The Kier molecular flexibility index (Phi) is 8.02. The molecule has 0 aliphatic carbocycles. The summed E-state index contributed by atoms with van der Waals surface area (Å²) in [6.07, 6.45) is 0.499. The van der Waals surface area contributed by atoms with Gasteiger partial charge >= 0.3 is 15.5 Å². The summed E-state index contributed by atoms with van der Waals surface area (Å²) in [5, 5.41) is 7.30. The molecule has 7 nitrogen and oxygen atoms in total. The lowest BCUT2D eigenvalue weighted by Gasteiger charge is -2.32. The van der Waals surface area contributed by atoms with Crippen LogP contribution in [0.25, 0.3) is 11.0 Å². The molecular formula is C18H24F3IN4O3S. The van der Waals surface area contributed by atoms with Crippen molar-refractivity contribution in [2.45, 2.75) is 37.9 Å². The number of nitrogens with zero attached hydrogens (tertiary/aromatic N) is 2. The number of benzene rings is 1. The van der Waals surface area contributed by atoms with Crippen LogP contribution in [0.15, 0.2) is 33.7 Å². The molecule has 3 rings (SSSR count). The number of furan rings is 1. The fourth-order valence-corrected chi connectivity index (χ4v) is 4.32. The number of fused-ring (bicyclic) bond motifs is 1. The molecular weight excluding hydrogens is 536 g/mol. The smallest absolute Gasteiger partial charge is 0.459 e. The van der Waals surface area contributed by atoms with Crippen molar-refractivity contribution in [3.63, 3.8) is 0 Å². The van der Waals surface area contributed by atoms with E-state index in [1.54, 1.807) is 7.05 Å². The summed E-state index contributed by atoms with van der Waals surface area (Å²) in [4.78, 5) is 4.13. The van der Waals surface area contributed by atoms with Crippen LogP contribution in [-0.4, -0.2) is 50.4 Å². The molecule has 0 amide bonds. The van der Waals surface area contributed by atoms with E-state index in [1.807, 2.05) is 31.2 Å². The van der Waals surface area contributed by atoms with Crippen molar-refractivity contribution in [3.05, 3.63) is 35.6 Å². The minimum absolute atomic E-state index is 0. The van der Waals surface area contributed by atoms with Crippen LogP contribution in [-0.2, 0) is 16.6 Å². The van der Waals surface area contributed by atoms with Crippen LogP contribution < -0.4 is 10.6 Å². The molecule has 1 aromatic heterocycles. The fourth-order valence-electron chi connectivity index (χ4n) is 3.33. The number of halogens is 4. The monoisotopic (exact) mass is 560 g/mol. The molecule has 168 valence electrons. The van der Waals surface area contributed by atoms with Gasteiger partial charge in [0.05, 0.1) is 6.54 Å². The van der Waals surface area contributed by atoms with Gasteiger partial charge in [-0.05, 0) is 25.8 Å². The minimum atomic E-state index is -5.27. The van der Waals surface area contributed by atoms with Gasteiger partial charge in [-0.25, -0.2) is 8.42 Å². The first-order valence-corrected chi connectivity index (χ1v) is 10.6. The molecule has 0 radical (unpaired) electrons. The molecule has 0 atom stereocenters. The van der Waals surface area contributed by atoms with Crippen molar-refractivity contribution < 1.29 is 26.0 Å². The van der Waals surface area contributed by atoms with Gasteiger partial charge in [0.2, 0.25) is 0 Å². The summed E-state index contributed by atoms with van der Waals surface area (Å²) in [5.74, 6) is 1.24. The highest BCUT2D eigenvalue weighted by atomic mass is 127. The first-order valence-electron chi connectivity index (χ1n) is 9.14. The highest BCUT2D eigenvalue weighted by molar-refractivity contribution is 14.0. The zero-order valence-electron chi connectivity index (χ0n) is 16.5. The summed E-state index contributed by atoms with van der Waals surface area (Å²) in [6, 6.07) is 7.52. The molecule has 1 aromatic carbocycles. The molecule has 12 heteroatoms. The van der Waals surface area contributed by atoms with E-state index in [9.17, 15) is 21.6 Å². The SMILES string of the molecule is CN=C(NCc1oc2ccccc2c1C)NC1CCN(S(=O)(=O)C(F)(F)F)CC1.I. The first-order chi connectivity index (χ1) is 13.6. The Morgan fingerprint density at radius 2 is 1.90 bits per heavy atom. The van der Waals surface area contributed by atoms with Crippen LogP contribution in [0.2, 0.25) is 0 Å². The van der Waals surface area contributed by atoms with Gasteiger partial charge in [0.15, 0.2) is 5.96 Å². The van der Waals surface area contributed by atoms with E-state index in [0.29, 0.717) is 16.8 Å². The molecule has 1 saturated heterocycles. The Hall–Kier alpha value is -1.54. The third-order valence-corrected chi connectivity index (χ3v) is 6.64. The minimum Gasteiger partial charge on any atom is -0.459 e. The normalized spacial score (nSPS) is 17.0. The molecule has 2 N–H and O–H groups in total. The highest BCUT2D eigenvalue weighted by Crippen LogP contribution is 2.29. The molecule has 1 fully saturated rings. The summed E-state index contributed by atoms with van der Waals surface area (Å²) >= 11 is 0. The lowest BCUT2D eigenvalue weighted by atomic mass is 10.1. The summed E-state index contributed by atoms with van der Waals surface area (Å²) in [7, 11) is -3.69. The highest BCUT2D eigenvalue weighted by Gasteiger charge is 2.50. The Morgan fingerprint density at radius 1 is 1.27 bits per heavy atom. The van der Waals surface area contributed by atoms with Gasteiger partial charge in [0.25, 0.3) is 0 Å². The van der Waals surface area contributed by atoms with E-state index in [-0.39, 0.29) is 55.9 Å². The van der Waals surface area contributed by atoms with Gasteiger partial charge in [-0.3, -0.25) is 4.99 Å². The van der Waals surface area contributed by atoms with Crippen molar-refractivity contribution in [2.75, 3.05) is 20.1 Å². The third-order valence-electron chi connectivity index (χ3n) is 5.01. The Balaban J connectivity index is 0.00000320. The van der Waals surface area contributed by atoms with Gasteiger partial charge in [-0.1, -0.05) is 18.2 Å². The van der Waals surface area contributed by atoms with Crippen LogP contribution in [0.3, 0.4) is 0 Å². The third kappa shape index (κ3) is 5.19. The first kappa shape index (κ1) is 24.7. The van der Waals surface area contributed by atoms with Crippen molar-refractivity contribution in [1.29, 1.82) is 0 Å². The number of hydrogen-bond donors (Lipinski definition) is 2. The van der Waals surface area contributed by atoms with Crippen molar-refractivity contribution >= 4 is 50.9 Å². The molecule has 0 unspecified atom stereocenters. The van der Waals surface area contributed by atoms with Gasteiger partial charge in [-0.2, -0.15) is 17.5 Å². The largest absolute Gasteiger partial charge is 0.511 e. The summed E-state index contributed by atoms with van der Waals surface area (Å²) < 4.78 is 67.3. The fraction of sp³-hybridized carbons (Fsp3) is 0.500. The zero-order valence-corrected chi connectivity index (χ0v) is 19.6. The van der Waals surface area contributed by atoms with Crippen molar-refractivity contribution in [1.82, 2.24) is 14.9 Å². The number of rotatable bonds is 4. The van der Waals surface area contributed by atoms with Crippen molar-refractivity contribution in [2.24, 2.45) is 4.99 Å². The van der Waals surface area contributed by atoms with E-state index in [0.717, 1.165) is 22.3 Å². The van der Waals surface area contributed by atoms with Gasteiger partial charge in [0.1, 0.15) is 11.3 Å². The molecule has 0 spiro atoms. The molecule has 30 heavy (non-hydrogen) atoms. The summed E-state index contributed by atoms with van der Waals surface area (Å²) in [6.45, 7) is 1.97. The van der Waals surface area contributed by atoms with Gasteiger partial charge in [-0.15, -0.1) is 24.0 Å². The van der Waals surface area contributed by atoms with E-state index < -0.39 is 15.5 Å². The molecule has 2 heterocycles. The molecule has 0 bridgehead atoms. The topological polar surface area (TPSA) is 86.9 Å². The zero-order chi connectivity index (χ0) is 21.2. The number of aliphatic imine (C=N–C) groups is 1. The molecule has 2 aromatic rings.